The van der Waals surface area contributed by atoms with Gasteiger partial charge in [0.25, 0.3) is 5.91 Å². The Balaban J connectivity index is 1.51. The van der Waals surface area contributed by atoms with Crippen LogP contribution in [0.3, 0.4) is 0 Å². The fraction of sp³-hybridized carbons (Fsp3) is 0.650. The predicted molar refractivity (Wildman–Crippen MR) is 98.2 cm³/mol. The quantitative estimate of drug-likeness (QED) is 0.732. The van der Waals surface area contributed by atoms with Gasteiger partial charge in [0.1, 0.15) is 12.3 Å². The van der Waals surface area contributed by atoms with Crippen molar-refractivity contribution in [2.45, 2.75) is 56.5 Å². The number of hydrogen-bond donors (Lipinski definition) is 3. The number of rotatable bonds is 5. The van der Waals surface area contributed by atoms with E-state index in [1.807, 2.05) is 19.1 Å². The molecular formula is C20H27N3O4. The maximum absolute atomic E-state index is 12.8. The lowest BCUT2D eigenvalue weighted by Crippen LogP contribution is -2.70. The molecule has 5 rings (SSSR count). The number of carbonyl (C=O) groups is 2. The van der Waals surface area contributed by atoms with Crippen LogP contribution in [0, 0.1) is 18.8 Å². The van der Waals surface area contributed by atoms with Crippen LogP contribution in [0.2, 0.25) is 0 Å². The van der Waals surface area contributed by atoms with Gasteiger partial charge in [0, 0.05) is 16.8 Å². The number of pyridine rings is 1. The van der Waals surface area contributed by atoms with E-state index in [0.29, 0.717) is 17.5 Å². The Hall–Kier alpha value is -2.15. The lowest BCUT2D eigenvalue weighted by atomic mass is 9.50. The summed E-state index contributed by atoms with van der Waals surface area (Å²) in [6.45, 7) is 1.68. The van der Waals surface area contributed by atoms with Crippen LogP contribution in [-0.2, 0) is 4.74 Å². The van der Waals surface area contributed by atoms with Crippen molar-refractivity contribution in [3.8, 4) is 0 Å². The number of aliphatic hydroxyl groups is 1. The normalized spacial score (nSPS) is 33.6. The van der Waals surface area contributed by atoms with Gasteiger partial charge in [-0.1, -0.05) is 6.07 Å². The predicted octanol–water partition coefficient (Wildman–Crippen LogP) is 1.93. The Kier molecular flexibility index (Phi) is 4.58. The first kappa shape index (κ1) is 18.2. The van der Waals surface area contributed by atoms with Crippen LogP contribution < -0.4 is 10.6 Å². The molecule has 0 aromatic carbocycles. The summed E-state index contributed by atoms with van der Waals surface area (Å²) in [6, 6.07) is 5.46. The molecular weight excluding hydrogens is 346 g/mol. The molecule has 1 heterocycles. The molecule has 3 N–H and O–H groups in total. The van der Waals surface area contributed by atoms with E-state index in [1.165, 1.54) is 0 Å². The van der Waals surface area contributed by atoms with E-state index in [-0.39, 0.29) is 30.2 Å². The smallest absolute Gasteiger partial charge is 0.407 e. The number of aliphatic hydroxyl groups excluding tert-OH is 1. The van der Waals surface area contributed by atoms with Crippen molar-refractivity contribution < 1.29 is 19.4 Å². The van der Waals surface area contributed by atoms with Crippen molar-refractivity contribution >= 4 is 12.0 Å². The summed E-state index contributed by atoms with van der Waals surface area (Å²) in [5.74, 6) is 0.851. The molecule has 146 valence electrons. The summed E-state index contributed by atoms with van der Waals surface area (Å²) in [6.07, 6.45) is 5.17. The molecule has 4 saturated carbocycles. The zero-order valence-corrected chi connectivity index (χ0v) is 15.7. The minimum Gasteiger partial charge on any atom is -0.447 e. The SMILES string of the molecule is Cc1cccc(C(=O)NC23CC4CC(CC(NC(=O)OCCO)(C4)C2)C3)n1. The van der Waals surface area contributed by atoms with Crippen molar-refractivity contribution in [1.82, 2.24) is 15.6 Å². The summed E-state index contributed by atoms with van der Waals surface area (Å²) in [5.41, 5.74) is 0.633. The fourth-order valence-electron chi connectivity index (χ4n) is 5.92. The molecule has 4 aliphatic rings. The number of carbonyl (C=O) groups excluding carboxylic acids is 2. The molecule has 1 aromatic rings. The molecule has 2 amide bonds. The van der Waals surface area contributed by atoms with Crippen LogP contribution in [0.4, 0.5) is 4.79 Å². The van der Waals surface area contributed by atoms with E-state index >= 15 is 0 Å². The third-order valence-corrected chi connectivity index (χ3v) is 6.25. The lowest BCUT2D eigenvalue weighted by Gasteiger charge is -2.62. The minimum atomic E-state index is -0.479. The van der Waals surface area contributed by atoms with Gasteiger partial charge in [-0.15, -0.1) is 0 Å². The van der Waals surface area contributed by atoms with E-state index in [4.69, 9.17) is 9.84 Å². The number of aryl methyl sites for hydroxylation is 1. The zero-order chi connectivity index (χ0) is 19.1. The molecule has 0 radical (unpaired) electrons. The minimum absolute atomic E-state index is 0.00429. The van der Waals surface area contributed by atoms with Gasteiger partial charge in [-0.25, -0.2) is 9.78 Å². The molecule has 2 atom stereocenters. The van der Waals surface area contributed by atoms with E-state index in [9.17, 15) is 9.59 Å². The molecule has 0 saturated heterocycles. The highest BCUT2D eigenvalue weighted by Gasteiger charge is 2.59. The highest BCUT2D eigenvalue weighted by molar-refractivity contribution is 5.92. The molecule has 7 heteroatoms. The Bertz CT molecular complexity index is 736. The highest BCUT2D eigenvalue weighted by Crippen LogP contribution is 2.57. The van der Waals surface area contributed by atoms with Gasteiger partial charge in [0.2, 0.25) is 0 Å². The van der Waals surface area contributed by atoms with Gasteiger partial charge in [0.15, 0.2) is 0 Å². The average Bonchev–Trinajstić information content (AvgIpc) is 2.58. The maximum Gasteiger partial charge on any atom is 0.407 e. The third-order valence-electron chi connectivity index (χ3n) is 6.25. The van der Waals surface area contributed by atoms with E-state index in [2.05, 4.69) is 15.6 Å². The van der Waals surface area contributed by atoms with Crippen molar-refractivity contribution in [2.75, 3.05) is 13.2 Å². The first-order valence-electron chi connectivity index (χ1n) is 9.73. The van der Waals surface area contributed by atoms with Gasteiger partial charge in [-0.2, -0.15) is 0 Å². The van der Waals surface area contributed by atoms with Crippen LogP contribution in [0.25, 0.3) is 0 Å². The number of hydrogen-bond acceptors (Lipinski definition) is 5. The Morgan fingerprint density at radius 2 is 1.85 bits per heavy atom. The van der Waals surface area contributed by atoms with Crippen LogP contribution >= 0.6 is 0 Å². The van der Waals surface area contributed by atoms with Crippen molar-refractivity contribution in [2.24, 2.45) is 11.8 Å². The monoisotopic (exact) mass is 373 g/mol. The molecule has 27 heavy (non-hydrogen) atoms. The highest BCUT2D eigenvalue weighted by atomic mass is 16.6. The summed E-state index contributed by atoms with van der Waals surface area (Å²) in [4.78, 5) is 29.3. The average molecular weight is 373 g/mol. The van der Waals surface area contributed by atoms with Gasteiger partial charge in [0.05, 0.1) is 6.61 Å². The number of amides is 2. The Morgan fingerprint density at radius 1 is 1.19 bits per heavy atom. The Morgan fingerprint density at radius 3 is 2.48 bits per heavy atom. The number of nitrogens with zero attached hydrogens (tertiary/aromatic N) is 1. The van der Waals surface area contributed by atoms with E-state index in [0.717, 1.165) is 44.2 Å². The van der Waals surface area contributed by atoms with Gasteiger partial charge < -0.3 is 20.5 Å². The van der Waals surface area contributed by atoms with Crippen molar-refractivity contribution in [3.63, 3.8) is 0 Å². The number of ether oxygens (including phenoxy) is 1. The molecule has 1 aromatic heterocycles. The van der Waals surface area contributed by atoms with Gasteiger partial charge in [-0.3, -0.25) is 4.79 Å². The van der Waals surface area contributed by atoms with E-state index in [1.54, 1.807) is 6.07 Å². The van der Waals surface area contributed by atoms with Crippen LogP contribution in [0.5, 0.6) is 0 Å². The van der Waals surface area contributed by atoms with Gasteiger partial charge in [-0.05, 0) is 69.4 Å². The summed E-state index contributed by atoms with van der Waals surface area (Å²) in [7, 11) is 0. The van der Waals surface area contributed by atoms with Crippen LogP contribution in [0.1, 0.15) is 54.7 Å². The summed E-state index contributed by atoms with van der Waals surface area (Å²) >= 11 is 0. The number of nitrogens with one attached hydrogen (secondary N) is 2. The largest absolute Gasteiger partial charge is 0.447 e. The van der Waals surface area contributed by atoms with E-state index < -0.39 is 6.09 Å². The lowest BCUT2D eigenvalue weighted by molar-refractivity contribution is -0.0472. The molecule has 4 bridgehead atoms. The Labute approximate surface area is 158 Å². The van der Waals surface area contributed by atoms with Crippen LogP contribution in [-0.4, -0.2) is 46.4 Å². The topological polar surface area (TPSA) is 101 Å². The summed E-state index contributed by atoms with van der Waals surface area (Å²) < 4.78 is 5.03. The maximum atomic E-state index is 12.8. The number of aromatic nitrogens is 1. The molecule has 4 fully saturated rings. The fourth-order valence-corrected chi connectivity index (χ4v) is 5.92. The molecule has 0 aliphatic heterocycles. The van der Waals surface area contributed by atoms with Crippen LogP contribution in [0.15, 0.2) is 18.2 Å². The van der Waals surface area contributed by atoms with Gasteiger partial charge >= 0.3 is 6.09 Å². The second-order valence-corrected chi connectivity index (χ2v) is 8.62. The third kappa shape index (κ3) is 3.65. The first-order valence-corrected chi connectivity index (χ1v) is 9.73. The second kappa shape index (κ2) is 6.78. The molecule has 7 nitrogen and oxygen atoms in total. The standard InChI is InChI=1S/C20H27N3O4/c1-13-3-2-4-16(21-13)17(25)22-19-8-14-7-15(9-19)11-20(10-14,12-19)23-18(26)27-6-5-24/h2-4,14-15,24H,5-12H2,1H3,(H,22,25)(H,23,26). The zero-order valence-electron chi connectivity index (χ0n) is 15.7. The molecule has 4 aliphatic carbocycles. The second-order valence-electron chi connectivity index (χ2n) is 8.62. The van der Waals surface area contributed by atoms with Crippen molar-refractivity contribution in [3.05, 3.63) is 29.6 Å². The first-order chi connectivity index (χ1) is 12.9. The number of alkyl carbamates (subject to hydrolysis) is 1. The molecule has 2 unspecified atom stereocenters. The summed E-state index contributed by atoms with van der Waals surface area (Å²) in [5, 5.41) is 15.2. The van der Waals surface area contributed by atoms with Crippen molar-refractivity contribution in [1.29, 1.82) is 0 Å². The molecule has 0 spiro atoms.